The number of nitrogens with zero attached hydrogens (tertiary/aromatic N) is 2. The van der Waals surface area contributed by atoms with Gasteiger partial charge in [0.25, 0.3) is 0 Å². The molecule has 0 aliphatic carbocycles. The van der Waals surface area contributed by atoms with Gasteiger partial charge in [0, 0.05) is 33.2 Å². The van der Waals surface area contributed by atoms with Crippen molar-refractivity contribution in [3.05, 3.63) is 29.6 Å². The maximum atomic E-state index is 14.3. The number of anilines is 1. The first kappa shape index (κ1) is 21.0. The molecule has 24 heavy (non-hydrogen) atoms. The Balaban J connectivity index is 0.00000288. The lowest BCUT2D eigenvalue weighted by Gasteiger charge is -2.29. The number of hydrogen-bond acceptors (Lipinski definition) is 3. The molecule has 0 bridgehead atoms. The second kappa shape index (κ2) is 11.5. The van der Waals surface area contributed by atoms with Crippen molar-refractivity contribution < 1.29 is 9.13 Å². The van der Waals surface area contributed by atoms with Crippen molar-refractivity contribution in [1.82, 2.24) is 10.6 Å². The van der Waals surface area contributed by atoms with Crippen molar-refractivity contribution in [2.75, 3.05) is 44.8 Å². The number of unbranched alkanes of at least 4 members (excludes halogenated alkanes) is 1. The average Bonchev–Trinajstić information content (AvgIpc) is 2.59. The summed E-state index contributed by atoms with van der Waals surface area (Å²) in [6.45, 7) is 6.37. The van der Waals surface area contributed by atoms with E-state index in [2.05, 4.69) is 22.5 Å². The second-order valence-corrected chi connectivity index (χ2v) is 5.59. The van der Waals surface area contributed by atoms with E-state index >= 15 is 0 Å². The van der Waals surface area contributed by atoms with Gasteiger partial charge in [0.05, 0.1) is 18.9 Å². The zero-order valence-corrected chi connectivity index (χ0v) is 16.8. The van der Waals surface area contributed by atoms with E-state index in [-0.39, 0.29) is 29.8 Å². The van der Waals surface area contributed by atoms with Crippen molar-refractivity contribution in [3.8, 4) is 0 Å². The molecule has 1 saturated heterocycles. The number of ether oxygens (including phenoxy) is 1. The van der Waals surface area contributed by atoms with Crippen LogP contribution in [0, 0.1) is 5.82 Å². The summed E-state index contributed by atoms with van der Waals surface area (Å²) in [4.78, 5) is 6.20. The second-order valence-electron chi connectivity index (χ2n) is 5.59. The number of benzene rings is 1. The summed E-state index contributed by atoms with van der Waals surface area (Å²) < 4.78 is 19.6. The molecule has 0 atom stereocenters. The van der Waals surface area contributed by atoms with Crippen LogP contribution in [0.1, 0.15) is 25.3 Å². The van der Waals surface area contributed by atoms with Crippen molar-refractivity contribution in [3.63, 3.8) is 0 Å². The fraction of sp³-hybridized carbons (Fsp3) is 0.588. The highest BCUT2D eigenvalue weighted by atomic mass is 127. The molecule has 2 N–H and O–H groups in total. The Morgan fingerprint density at radius 1 is 1.29 bits per heavy atom. The van der Waals surface area contributed by atoms with Gasteiger partial charge in [0.1, 0.15) is 5.82 Å². The summed E-state index contributed by atoms with van der Waals surface area (Å²) >= 11 is 0. The number of morpholine rings is 1. The summed E-state index contributed by atoms with van der Waals surface area (Å²) in [6, 6.07) is 5.41. The standard InChI is InChI=1S/C17H27FN4O.HI/c1-3-4-7-20-17(19-2)21-13-14-5-6-16(15(18)12-14)22-8-10-23-11-9-22;/h5-6,12H,3-4,7-11,13H2,1-2H3,(H2,19,20,21);1H. The highest BCUT2D eigenvalue weighted by Gasteiger charge is 2.15. The number of aliphatic imine (C=N–C) groups is 1. The Kier molecular flexibility index (Phi) is 10.0. The predicted molar refractivity (Wildman–Crippen MR) is 108 cm³/mol. The highest BCUT2D eigenvalue weighted by Crippen LogP contribution is 2.21. The van der Waals surface area contributed by atoms with Crippen LogP contribution in [0.5, 0.6) is 0 Å². The molecule has 0 spiro atoms. The third-order valence-electron chi connectivity index (χ3n) is 3.87. The Bertz CT molecular complexity index is 521. The molecule has 1 aromatic carbocycles. The van der Waals surface area contributed by atoms with Crippen molar-refractivity contribution >= 4 is 35.6 Å². The number of guanidine groups is 1. The fourth-order valence-corrected chi connectivity index (χ4v) is 2.51. The number of rotatable bonds is 6. The van der Waals surface area contributed by atoms with Crippen LogP contribution in [0.3, 0.4) is 0 Å². The van der Waals surface area contributed by atoms with Gasteiger partial charge in [-0.15, -0.1) is 24.0 Å². The third kappa shape index (κ3) is 6.43. The molecule has 0 radical (unpaired) electrons. The first-order valence-corrected chi connectivity index (χ1v) is 8.30. The van der Waals surface area contributed by atoms with E-state index in [0.29, 0.717) is 25.4 Å². The van der Waals surface area contributed by atoms with Crippen LogP contribution >= 0.6 is 24.0 Å². The molecule has 0 amide bonds. The minimum absolute atomic E-state index is 0. The van der Waals surface area contributed by atoms with Crippen LogP contribution in [0.4, 0.5) is 10.1 Å². The van der Waals surface area contributed by atoms with Crippen LogP contribution in [0.15, 0.2) is 23.2 Å². The molecule has 1 aliphatic heterocycles. The van der Waals surface area contributed by atoms with Crippen LogP contribution in [0.25, 0.3) is 0 Å². The van der Waals surface area contributed by atoms with Crippen LogP contribution in [-0.2, 0) is 11.3 Å². The fourth-order valence-electron chi connectivity index (χ4n) is 2.51. The van der Waals surface area contributed by atoms with Gasteiger partial charge >= 0.3 is 0 Å². The minimum Gasteiger partial charge on any atom is -0.378 e. The summed E-state index contributed by atoms with van der Waals surface area (Å²) in [7, 11) is 1.74. The van der Waals surface area contributed by atoms with E-state index in [1.807, 2.05) is 17.0 Å². The minimum atomic E-state index is -0.180. The van der Waals surface area contributed by atoms with Gasteiger partial charge in [-0.1, -0.05) is 19.4 Å². The van der Waals surface area contributed by atoms with Gasteiger partial charge < -0.3 is 20.3 Å². The first-order valence-electron chi connectivity index (χ1n) is 8.30. The molecule has 136 valence electrons. The van der Waals surface area contributed by atoms with E-state index in [9.17, 15) is 4.39 Å². The van der Waals surface area contributed by atoms with Crippen molar-refractivity contribution in [2.45, 2.75) is 26.3 Å². The van der Waals surface area contributed by atoms with Gasteiger partial charge in [0.15, 0.2) is 5.96 Å². The molecule has 7 heteroatoms. The highest BCUT2D eigenvalue weighted by molar-refractivity contribution is 14.0. The van der Waals surface area contributed by atoms with Crippen molar-refractivity contribution in [1.29, 1.82) is 0 Å². The molecule has 1 fully saturated rings. The Morgan fingerprint density at radius 2 is 2.04 bits per heavy atom. The van der Waals surface area contributed by atoms with Crippen LogP contribution in [-0.4, -0.2) is 45.9 Å². The normalized spacial score (nSPS) is 15.0. The Labute approximate surface area is 161 Å². The molecule has 2 rings (SSSR count). The predicted octanol–water partition coefficient (Wildman–Crippen LogP) is 2.75. The van der Waals surface area contributed by atoms with Gasteiger partial charge in [0.2, 0.25) is 0 Å². The first-order chi connectivity index (χ1) is 11.2. The maximum absolute atomic E-state index is 14.3. The van der Waals surface area contributed by atoms with Gasteiger partial charge in [-0.3, -0.25) is 4.99 Å². The smallest absolute Gasteiger partial charge is 0.191 e. The van der Waals surface area contributed by atoms with E-state index in [0.717, 1.165) is 44.0 Å². The topological polar surface area (TPSA) is 48.9 Å². The van der Waals surface area contributed by atoms with E-state index in [4.69, 9.17) is 4.74 Å². The van der Waals surface area contributed by atoms with Gasteiger partial charge in [-0.2, -0.15) is 0 Å². The molecule has 1 aromatic rings. The zero-order chi connectivity index (χ0) is 16.5. The average molecular weight is 450 g/mol. The number of nitrogens with one attached hydrogen (secondary N) is 2. The molecule has 0 saturated carbocycles. The van der Waals surface area contributed by atoms with Crippen LogP contribution in [0.2, 0.25) is 0 Å². The maximum Gasteiger partial charge on any atom is 0.191 e. The summed E-state index contributed by atoms with van der Waals surface area (Å²) in [5, 5.41) is 6.45. The number of halogens is 2. The lowest BCUT2D eigenvalue weighted by Crippen LogP contribution is -2.37. The van der Waals surface area contributed by atoms with E-state index in [1.54, 1.807) is 13.1 Å². The molecular weight excluding hydrogens is 422 g/mol. The molecule has 1 heterocycles. The molecular formula is C17H28FIN4O. The van der Waals surface area contributed by atoms with E-state index in [1.165, 1.54) is 0 Å². The van der Waals surface area contributed by atoms with Crippen molar-refractivity contribution in [2.24, 2.45) is 4.99 Å². The quantitative estimate of drug-likeness (QED) is 0.303. The zero-order valence-electron chi connectivity index (χ0n) is 14.5. The Hall–Kier alpha value is -1.09. The van der Waals surface area contributed by atoms with E-state index < -0.39 is 0 Å². The summed E-state index contributed by atoms with van der Waals surface area (Å²) in [5.41, 5.74) is 1.56. The third-order valence-corrected chi connectivity index (χ3v) is 3.87. The largest absolute Gasteiger partial charge is 0.378 e. The lowest BCUT2D eigenvalue weighted by molar-refractivity contribution is 0.122. The summed E-state index contributed by atoms with van der Waals surface area (Å²) in [6.07, 6.45) is 2.24. The molecule has 5 nitrogen and oxygen atoms in total. The molecule has 0 aromatic heterocycles. The van der Waals surface area contributed by atoms with Gasteiger partial charge in [-0.05, 0) is 24.1 Å². The lowest BCUT2D eigenvalue weighted by atomic mass is 10.1. The van der Waals surface area contributed by atoms with Crippen LogP contribution < -0.4 is 15.5 Å². The molecule has 1 aliphatic rings. The SMILES string of the molecule is CCCCNC(=NC)NCc1ccc(N2CCOCC2)c(F)c1.I. The van der Waals surface area contributed by atoms with Gasteiger partial charge in [-0.25, -0.2) is 4.39 Å². The molecule has 0 unspecified atom stereocenters. The number of hydrogen-bond donors (Lipinski definition) is 2. The monoisotopic (exact) mass is 450 g/mol. The summed E-state index contributed by atoms with van der Waals surface area (Å²) in [5.74, 6) is 0.566. The Morgan fingerprint density at radius 3 is 2.67 bits per heavy atom.